The van der Waals surface area contributed by atoms with Crippen molar-refractivity contribution in [1.29, 1.82) is 0 Å². The van der Waals surface area contributed by atoms with Crippen LogP contribution in [-0.4, -0.2) is 47.5 Å². The number of likely N-dealkylation sites (tertiary alicyclic amines) is 1. The Kier molecular flexibility index (Phi) is 5.87. The first-order valence-corrected chi connectivity index (χ1v) is 9.09. The molecule has 2 aromatic rings. The van der Waals surface area contributed by atoms with Gasteiger partial charge in [0.2, 0.25) is 5.91 Å². The van der Waals surface area contributed by atoms with E-state index in [2.05, 4.69) is 17.0 Å². The van der Waals surface area contributed by atoms with E-state index in [1.807, 2.05) is 48.3 Å². The molecule has 1 saturated heterocycles. The zero-order chi connectivity index (χ0) is 17.6. The molecule has 0 radical (unpaired) electrons. The van der Waals surface area contributed by atoms with Crippen LogP contribution >= 0.6 is 0 Å². The van der Waals surface area contributed by atoms with Gasteiger partial charge in [0.25, 0.3) is 0 Å². The maximum Gasteiger partial charge on any atom is 0.223 e. The van der Waals surface area contributed by atoms with Crippen LogP contribution in [0.3, 0.4) is 0 Å². The van der Waals surface area contributed by atoms with Crippen molar-refractivity contribution in [3.05, 3.63) is 42.1 Å². The molecule has 25 heavy (non-hydrogen) atoms. The lowest BCUT2D eigenvalue weighted by atomic mass is 10.00. The maximum absolute atomic E-state index is 12.4. The van der Waals surface area contributed by atoms with Crippen LogP contribution in [0, 0.1) is 5.92 Å². The van der Waals surface area contributed by atoms with Crippen LogP contribution in [0.2, 0.25) is 0 Å². The van der Waals surface area contributed by atoms with Crippen LogP contribution in [0.5, 0.6) is 0 Å². The van der Waals surface area contributed by atoms with Gasteiger partial charge in [-0.3, -0.25) is 9.69 Å². The largest absolute Gasteiger partial charge is 0.356 e. The second-order valence-corrected chi connectivity index (χ2v) is 7.12. The highest BCUT2D eigenvalue weighted by Crippen LogP contribution is 2.20. The highest BCUT2D eigenvalue weighted by atomic mass is 16.5. The summed E-state index contributed by atoms with van der Waals surface area (Å²) in [5.41, 5.74) is 1.92. The van der Waals surface area contributed by atoms with E-state index in [1.54, 1.807) is 0 Å². The molecule has 1 amide bonds. The predicted molar refractivity (Wildman–Crippen MR) is 97.9 cm³/mol. The summed E-state index contributed by atoms with van der Waals surface area (Å²) in [5.74, 6) is 1.67. The number of hydrogen-bond donors (Lipinski definition) is 0. The second kappa shape index (κ2) is 8.30. The van der Waals surface area contributed by atoms with Gasteiger partial charge in [0.05, 0.1) is 5.69 Å². The topological polar surface area (TPSA) is 49.6 Å². The fourth-order valence-corrected chi connectivity index (χ4v) is 3.34. The number of amides is 1. The minimum Gasteiger partial charge on any atom is -0.356 e. The molecule has 0 unspecified atom stereocenters. The maximum atomic E-state index is 12.4. The van der Waals surface area contributed by atoms with E-state index < -0.39 is 0 Å². The molecular weight excluding hydrogens is 314 g/mol. The number of piperidine rings is 1. The predicted octanol–water partition coefficient (Wildman–Crippen LogP) is 3.42. The quantitative estimate of drug-likeness (QED) is 0.808. The summed E-state index contributed by atoms with van der Waals surface area (Å²) in [4.78, 5) is 16.5. The number of hydrogen-bond acceptors (Lipinski definition) is 4. The van der Waals surface area contributed by atoms with Gasteiger partial charge in [0.1, 0.15) is 0 Å². The Morgan fingerprint density at radius 1 is 1.36 bits per heavy atom. The smallest absolute Gasteiger partial charge is 0.223 e. The molecule has 1 aromatic carbocycles. The zero-order valence-electron chi connectivity index (χ0n) is 15.1. The zero-order valence-corrected chi connectivity index (χ0v) is 15.1. The van der Waals surface area contributed by atoms with E-state index in [1.165, 1.54) is 6.42 Å². The van der Waals surface area contributed by atoms with Crippen molar-refractivity contribution >= 4 is 5.91 Å². The van der Waals surface area contributed by atoms with Crippen LogP contribution in [0.15, 0.2) is 40.9 Å². The average Bonchev–Trinajstić information content (AvgIpc) is 3.09. The van der Waals surface area contributed by atoms with Gasteiger partial charge in [-0.2, -0.15) is 0 Å². The number of carbonyl (C=O) groups excluding carboxylic acids is 1. The molecule has 3 rings (SSSR count). The molecule has 1 aromatic heterocycles. The molecular formula is C20H27N3O2. The van der Waals surface area contributed by atoms with E-state index in [4.69, 9.17) is 4.52 Å². The molecule has 5 heteroatoms. The van der Waals surface area contributed by atoms with Gasteiger partial charge in [0.15, 0.2) is 5.76 Å². The fourth-order valence-electron chi connectivity index (χ4n) is 3.34. The number of rotatable bonds is 6. The lowest BCUT2D eigenvalue weighted by molar-refractivity contribution is -0.133. The Morgan fingerprint density at radius 2 is 2.16 bits per heavy atom. The monoisotopic (exact) mass is 341 g/mol. The van der Waals surface area contributed by atoms with Crippen LogP contribution in [0.4, 0.5) is 0 Å². The van der Waals surface area contributed by atoms with Crippen molar-refractivity contribution in [3.63, 3.8) is 0 Å². The number of carbonyl (C=O) groups is 1. The molecule has 0 saturated carbocycles. The van der Waals surface area contributed by atoms with Gasteiger partial charge >= 0.3 is 0 Å². The van der Waals surface area contributed by atoms with E-state index in [-0.39, 0.29) is 5.91 Å². The summed E-state index contributed by atoms with van der Waals surface area (Å²) in [7, 11) is 2.02. The Balaban J connectivity index is 1.47. The van der Waals surface area contributed by atoms with Crippen LogP contribution < -0.4 is 0 Å². The van der Waals surface area contributed by atoms with E-state index in [0.29, 0.717) is 18.9 Å². The number of benzene rings is 1. The highest BCUT2D eigenvalue weighted by molar-refractivity contribution is 5.76. The Hall–Kier alpha value is -2.14. The third-order valence-electron chi connectivity index (χ3n) is 4.77. The standard InChI is InChI=1S/C20H27N3O2/c1-16-7-6-11-23(14-16)20(24)10-12-22(2)15-18-13-19(25-21-18)17-8-4-3-5-9-17/h3-5,8-9,13,16H,6-7,10-12,14-15H2,1-2H3/t16-/m1/s1. The minimum absolute atomic E-state index is 0.267. The third kappa shape index (κ3) is 4.92. The minimum atomic E-state index is 0.267. The molecule has 0 bridgehead atoms. The molecule has 0 N–H and O–H groups in total. The Labute approximate surface area is 149 Å². The Morgan fingerprint density at radius 3 is 2.92 bits per heavy atom. The first-order chi connectivity index (χ1) is 12.1. The first-order valence-electron chi connectivity index (χ1n) is 9.09. The van der Waals surface area contributed by atoms with Gasteiger partial charge in [-0.15, -0.1) is 0 Å². The molecule has 0 spiro atoms. The fraction of sp³-hybridized carbons (Fsp3) is 0.500. The average molecular weight is 341 g/mol. The summed E-state index contributed by atoms with van der Waals surface area (Å²) in [6.45, 7) is 5.46. The van der Waals surface area contributed by atoms with Gasteiger partial charge in [-0.1, -0.05) is 42.4 Å². The van der Waals surface area contributed by atoms with Crippen LogP contribution in [-0.2, 0) is 11.3 Å². The van der Waals surface area contributed by atoms with Crippen molar-refractivity contribution in [1.82, 2.24) is 15.0 Å². The van der Waals surface area contributed by atoms with Crippen molar-refractivity contribution < 1.29 is 9.32 Å². The normalized spacial score (nSPS) is 17.9. The van der Waals surface area contributed by atoms with E-state index in [9.17, 15) is 4.79 Å². The lowest BCUT2D eigenvalue weighted by Gasteiger charge is -2.31. The molecule has 5 nitrogen and oxygen atoms in total. The third-order valence-corrected chi connectivity index (χ3v) is 4.77. The molecule has 1 aliphatic heterocycles. The van der Waals surface area contributed by atoms with Gasteiger partial charge in [0, 0.05) is 44.2 Å². The van der Waals surface area contributed by atoms with Crippen molar-refractivity contribution in [2.75, 3.05) is 26.7 Å². The summed E-state index contributed by atoms with van der Waals surface area (Å²) in [6.07, 6.45) is 2.93. The molecule has 1 fully saturated rings. The van der Waals surface area contributed by atoms with Gasteiger partial charge in [-0.25, -0.2) is 0 Å². The second-order valence-electron chi connectivity index (χ2n) is 7.12. The van der Waals surface area contributed by atoms with Gasteiger partial charge < -0.3 is 9.42 Å². The summed E-state index contributed by atoms with van der Waals surface area (Å²) < 4.78 is 5.43. The van der Waals surface area contributed by atoms with Crippen molar-refractivity contribution in [2.24, 2.45) is 5.92 Å². The summed E-state index contributed by atoms with van der Waals surface area (Å²) in [5, 5.41) is 4.15. The summed E-state index contributed by atoms with van der Waals surface area (Å²) in [6, 6.07) is 11.9. The first kappa shape index (κ1) is 17.7. The molecule has 0 aliphatic carbocycles. The highest BCUT2D eigenvalue weighted by Gasteiger charge is 2.21. The molecule has 1 atom stereocenters. The lowest BCUT2D eigenvalue weighted by Crippen LogP contribution is -2.40. The molecule has 134 valence electrons. The SMILES string of the molecule is C[C@@H]1CCCN(C(=O)CCN(C)Cc2cc(-c3ccccc3)on2)C1. The number of nitrogens with zero attached hydrogens (tertiary/aromatic N) is 3. The Bertz CT molecular complexity index is 683. The van der Waals surface area contributed by atoms with Crippen LogP contribution in [0.1, 0.15) is 31.9 Å². The van der Waals surface area contributed by atoms with Crippen molar-refractivity contribution in [3.8, 4) is 11.3 Å². The summed E-state index contributed by atoms with van der Waals surface area (Å²) >= 11 is 0. The molecule has 2 heterocycles. The molecule has 1 aliphatic rings. The number of aromatic nitrogens is 1. The van der Waals surface area contributed by atoms with Crippen molar-refractivity contribution in [2.45, 2.75) is 32.7 Å². The van der Waals surface area contributed by atoms with E-state index >= 15 is 0 Å². The van der Waals surface area contributed by atoms with E-state index in [0.717, 1.165) is 43.1 Å². The van der Waals surface area contributed by atoms with Crippen LogP contribution in [0.25, 0.3) is 11.3 Å². The van der Waals surface area contributed by atoms with Gasteiger partial charge in [-0.05, 0) is 25.8 Å².